The van der Waals surface area contributed by atoms with E-state index in [1.165, 1.54) is 0 Å². The highest BCUT2D eigenvalue weighted by Gasteiger charge is 2.37. The molecule has 0 aromatic carbocycles. The van der Waals surface area contributed by atoms with Crippen molar-refractivity contribution in [2.24, 2.45) is 0 Å². The number of carbonyl (C=O) groups is 2. The van der Waals surface area contributed by atoms with Crippen LogP contribution in [-0.2, 0) is 18.7 Å². The molecule has 10 nitrogen and oxygen atoms in total. The zero-order valence-corrected chi connectivity index (χ0v) is 12.2. The maximum atomic E-state index is 11.9. The van der Waals surface area contributed by atoms with E-state index < -0.39 is 64.9 Å². The first-order valence-corrected chi connectivity index (χ1v) is 9.55. The zero-order valence-electron chi connectivity index (χ0n) is 10.5. The molecule has 0 aromatic heterocycles. The Hall–Kier alpha value is -0.760. The van der Waals surface area contributed by atoms with Gasteiger partial charge in [0.1, 0.15) is 0 Å². The average Bonchev–Trinajstić information content (AvgIpc) is 2.08. The van der Waals surface area contributed by atoms with Gasteiger partial charge < -0.3 is 20.0 Å². The summed E-state index contributed by atoms with van der Waals surface area (Å²) in [4.78, 5) is 42.6. The molecule has 1 fully saturated rings. The lowest BCUT2D eigenvalue weighted by Gasteiger charge is -2.33. The highest BCUT2D eigenvalue weighted by Crippen LogP contribution is 2.50. The second kappa shape index (κ2) is 6.34. The maximum absolute atomic E-state index is 11.9. The smallest absolute Gasteiger partial charge is 0.317 e. The van der Waals surface area contributed by atoms with Crippen molar-refractivity contribution in [1.82, 2.24) is 9.80 Å². The van der Waals surface area contributed by atoms with Crippen LogP contribution < -0.4 is 0 Å². The summed E-state index contributed by atoms with van der Waals surface area (Å²) in [7, 11) is -7.69. The van der Waals surface area contributed by atoms with E-state index in [1.54, 1.807) is 0 Å². The third kappa shape index (κ3) is 6.13. The number of aliphatic carboxylic acids is 2. The van der Waals surface area contributed by atoms with Gasteiger partial charge in [-0.3, -0.25) is 28.5 Å². The van der Waals surface area contributed by atoms with E-state index in [9.17, 15) is 28.5 Å². The highest BCUT2D eigenvalue weighted by atomic mass is 31.2. The molecule has 0 unspecified atom stereocenters. The Kier molecular flexibility index (Phi) is 5.48. The van der Waals surface area contributed by atoms with Gasteiger partial charge in [0.25, 0.3) is 0 Å². The molecular weight excluding hydrogens is 314 g/mol. The predicted molar refractivity (Wildman–Crippen MR) is 67.8 cm³/mol. The van der Waals surface area contributed by atoms with Crippen LogP contribution in [0.4, 0.5) is 0 Å². The van der Waals surface area contributed by atoms with Gasteiger partial charge in [0.2, 0.25) is 14.7 Å². The van der Waals surface area contributed by atoms with Crippen LogP contribution in [0.2, 0.25) is 0 Å². The molecule has 1 saturated heterocycles. The molecule has 0 amide bonds. The monoisotopic (exact) mass is 330 g/mol. The summed E-state index contributed by atoms with van der Waals surface area (Å²) in [5, 5.41) is 17.3. The first-order chi connectivity index (χ1) is 8.99. The lowest BCUT2D eigenvalue weighted by atomic mass is 10.6. The molecule has 1 aliphatic rings. The normalized spacial score (nSPS) is 33.3. The van der Waals surface area contributed by atoms with Gasteiger partial charge in [-0.25, -0.2) is 0 Å². The summed E-state index contributed by atoms with van der Waals surface area (Å²) in [6.07, 6.45) is -2.28. The molecule has 0 spiro atoms. The van der Waals surface area contributed by atoms with E-state index in [1.807, 2.05) is 0 Å². The zero-order chi connectivity index (χ0) is 15.6. The topological polar surface area (TPSA) is 156 Å². The molecule has 0 aliphatic carbocycles. The molecule has 1 aliphatic heterocycles. The van der Waals surface area contributed by atoms with Crippen molar-refractivity contribution < 1.29 is 38.7 Å². The number of rotatable bonds is 4. The SMILES string of the molecule is O=C(O)CN1CP(=O)(O)CN(CC(=O)O)CP(=O)(O)C1. The Bertz CT molecular complexity index is 431. The van der Waals surface area contributed by atoms with Crippen molar-refractivity contribution in [3.8, 4) is 0 Å². The molecule has 1 rings (SSSR count). The van der Waals surface area contributed by atoms with Crippen LogP contribution in [0.15, 0.2) is 0 Å². The fraction of sp³-hybridized carbons (Fsp3) is 0.750. The average molecular weight is 330 g/mol. The molecule has 1 heterocycles. The van der Waals surface area contributed by atoms with E-state index >= 15 is 0 Å². The van der Waals surface area contributed by atoms with Crippen molar-refractivity contribution in [2.45, 2.75) is 0 Å². The van der Waals surface area contributed by atoms with E-state index in [2.05, 4.69) is 0 Å². The molecule has 4 N–H and O–H groups in total. The number of carboxylic acid groups (broad SMARTS) is 2. The van der Waals surface area contributed by atoms with Gasteiger partial charge in [-0.2, -0.15) is 0 Å². The largest absolute Gasteiger partial charge is 0.480 e. The third-order valence-corrected chi connectivity index (χ3v) is 5.77. The second-order valence-electron chi connectivity index (χ2n) is 4.70. The van der Waals surface area contributed by atoms with Crippen molar-refractivity contribution >= 4 is 26.7 Å². The maximum Gasteiger partial charge on any atom is 0.317 e. The van der Waals surface area contributed by atoms with E-state index in [0.29, 0.717) is 0 Å². The molecule has 0 aromatic rings. The van der Waals surface area contributed by atoms with Crippen LogP contribution in [0.25, 0.3) is 0 Å². The highest BCUT2D eigenvalue weighted by molar-refractivity contribution is 7.59. The van der Waals surface area contributed by atoms with Gasteiger partial charge in [0.05, 0.1) is 38.2 Å². The first kappa shape index (κ1) is 17.3. The summed E-state index contributed by atoms with van der Waals surface area (Å²) in [6.45, 7) is -1.26. The molecule has 0 atom stereocenters. The number of nitrogens with zero attached hydrogens (tertiary/aromatic N) is 2. The van der Waals surface area contributed by atoms with Crippen LogP contribution in [0.5, 0.6) is 0 Å². The van der Waals surface area contributed by atoms with Crippen LogP contribution in [0.1, 0.15) is 0 Å². The Labute approximate surface area is 114 Å². The first-order valence-electron chi connectivity index (χ1n) is 5.49. The van der Waals surface area contributed by atoms with Gasteiger partial charge in [-0.1, -0.05) is 0 Å². The van der Waals surface area contributed by atoms with Gasteiger partial charge in [0, 0.05) is 0 Å². The molecular formula is C8H16N2O8P2. The Morgan fingerprint density at radius 2 is 1.05 bits per heavy atom. The Morgan fingerprint density at radius 1 is 0.800 bits per heavy atom. The number of hydrogen-bond acceptors (Lipinski definition) is 6. The standard InChI is InChI=1S/C8H16N2O8P2/c11-7(12)1-9-3-19(15,16)5-10(2-8(13)14)6-20(17,18)4-9/h1-6H2,(H,11,12)(H,13,14)(H,15,16)(H,17,18). The number of carboxylic acids is 2. The van der Waals surface area contributed by atoms with Crippen molar-refractivity contribution in [3.63, 3.8) is 0 Å². The van der Waals surface area contributed by atoms with Gasteiger partial charge in [-0.15, -0.1) is 0 Å². The van der Waals surface area contributed by atoms with Crippen molar-refractivity contribution in [2.75, 3.05) is 38.2 Å². The van der Waals surface area contributed by atoms with Crippen molar-refractivity contribution in [3.05, 3.63) is 0 Å². The van der Waals surface area contributed by atoms with E-state index in [4.69, 9.17) is 10.2 Å². The molecule has 0 saturated carbocycles. The molecule has 116 valence electrons. The van der Waals surface area contributed by atoms with Gasteiger partial charge in [0.15, 0.2) is 0 Å². The third-order valence-electron chi connectivity index (χ3n) is 2.40. The minimum absolute atomic E-state index is 0.569. The van der Waals surface area contributed by atoms with E-state index in [-0.39, 0.29) is 0 Å². The second-order valence-corrected chi connectivity index (χ2v) is 9.22. The Morgan fingerprint density at radius 3 is 1.25 bits per heavy atom. The summed E-state index contributed by atoms with van der Waals surface area (Å²) in [5.41, 5.74) is 0. The molecule has 12 heteroatoms. The van der Waals surface area contributed by atoms with Gasteiger partial charge >= 0.3 is 11.9 Å². The Balaban J connectivity index is 2.93. The van der Waals surface area contributed by atoms with Gasteiger partial charge in [-0.05, 0) is 0 Å². The predicted octanol–water partition coefficient (Wildman–Crippen LogP) is -0.856. The minimum Gasteiger partial charge on any atom is -0.480 e. The van der Waals surface area contributed by atoms with Crippen molar-refractivity contribution in [1.29, 1.82) is 0 Å². The van der Waals surface area contributed by atoms with E-state index in [0.717, 1.165) is 9.80 Å². The molecule has 0 radical (unpaired) electrons. The summed E-state index contributed by atoms with van der Waals surface area (Å²) >= 11 is 0. The summed E-state index contributed by atoms with van der Waals surface area (Å²) < 4.78 is 23.8. The fourth-order valence-corrected chi connectivity index (χ4v) is 5.81. The van der Waals surface area contributed by atoms with Crippen LogP contribution in [0, 0.1) is 0 Å². The lowest BCUT2D eigenvalue weighted by Crippen LogP contribution is -2.40. The quantitative estimate of drug-likeness (QED) is 0.478. The molecule has 20 heavy (non-hydrogen) atoms. The fourth-order valence-electron chi connectivity index (χ4n) is 2.01. The summed E-state index contributed by atoms with van der Waals surface area (Å²) in [6, 6.07) is 0. The van der Waals surface area contributed by atoms with Crippen LogP contribution in [-0.4, -0.2) is 80.0 Å². The summed E-state index contributed by atoms with van der Waals surface area (Å²) in [5.74, 6) is -2.57. The molecule has 0 bridgehead atoms. The minimum atomic E-state index is -3.85. The number of hydrogen-bond donors (Lipinski definition) is 4. The van der Waals surface area contributed by atoms with Crippen LogP contribution >= 0.6 is 14.7 Å². The lowest BCUT2D eigenvalue weighted by molar-refractivity contribution is -0.138. The van der Waals surface area contributed by atoms with Crippen LogP contribution in [0.3, 0.4) is 0 Å².